The molecular formula is C3H6Cl2N2OS. The zero-order chi connectivity index (χ0) is 7.70. The molecule has 0 atom stereocenters. The van der Waals surface area contributed by atoms with Crippen molar-refractivity contribution in [2.75, 3.05) is 12.5 Å². The van der Waals surface area contributed by atoms with Gasteiger partial charge in [-0.1, -0.05) is 0 Å². The second kappa shape index (κ2) is 11.0. The lowest BCUT2D eigenvalue weighted by Crippen LogP contribution is -1.70. The molecule has 54 valence electrons. The molecule has 0 rings (SSSR count). The maximum absolute atomic E-state index is 9.56. The van der Waals surface area contributed by atoms with Crippen molar-refractivity contribution < 1.29 is 4.21 Å². The van der Waals surface area contributed by atoms with Crippen molar-refractivity contribution in [3.8, 4) is 0 Å². The molecule has 9 heavy (non-hydrogen) atoms. The summed E-state index contributed by atoms with van der Waals surface area (Å²) in [5.74, 6) is 0. The van der Waals surface area contributed by atoms with E-state index in [1.807, 2.05) is 6.01 Å². The van der Waals surface area contributed by atoms with E-state index in [0.717, 1.165) is 0 Å². The van der Waals surface area contributed by atoms with Crippen LogP contribution in [0.1, 0.15) is 0 Å². The van der Waals surface area contributed by atoms with Gasteiger partial charge < -0.3 is 0 Å². The Balaban J connectivity index is 0. The van der Waals surface area contributed by atoms with E-state index in [9.17, 15) is 4.21 Å². The van der Waals surface area contributed by atoms with Gasteiger partial charge in [0.25, 0.3) is 0 Å². The summed E-state index contributed by atoms with van der Waals surface area (Å²) in [5, 5.41) is 0. The molecular weight excluding hydrogens is 183 g/mol. The van der Waals surface area contributed by atoms with Crippen LogP contribution in [0.4, 0.5) is 0 Å². The fourth-order valence-electron chi connectivity index (χ4n) is 0.0143. The fraction of sp³-hybridized carbons (Fsp3) is 0.667. The van der Waals surface area contributed by atoms with E-state index in [-0.39, 0.29) is 0 Å². The number of rotatable bonds is 0. The average molecular weight is 189 g/mol. The first-order chi connectivity index (χ1) is 4.15. The van der Waals surface area contributed by atoms with Crippen LogP contribution in [0.25, 0.3) is 0 Å². The summed E-state index contributed by atoms with van der Waals surface area (Å²) in [4.78, 5) is 0. The maximum atomic E-state index is 9.56. The second-order valence-corrected chi connectivity index (χ2v) is 2.83. The van der Waals surface area contributed by atoms with Gasteiger partial charge in [-0.05, 0) is 0 Å². The van der Waals surface area contributed by atoms with E-state index in [0.29, 0.717) is 0 Å². The number of nitrogens with zero attached hydrogens (tertiary/aromatic N) is 2. The van der Waals surface area contributed by atoms with Gasteiger partial charge in [-0.2, -0.15) is 0 Å². The SMILES string of the molecule is CS(C)=O.ClN=C=NCl. The van der Waals surface area contributed by atoms with Crippen LogP contribution in [0.5, 0.6) is 0 Å². The molecule has 0 spiro atoms. The van der Waals surface area contributed by atoms with Crippen LogP contribution in [0.15, 0.2) is 9.02 Å². The molecule has 0 fully saturated rings. The standard InChI is InChI=1S/C2H6OS.CCl2N2/c1-4(2)3;2-4-1-5-3/h1-2H3;. The smallest absolute Gasteiger partial charge is 0.127 e. The van der Waals surface area contributed by atoms with Gasteiger partial charge in [-0.3, -0.25) is 4.21 Å². The monoisotopic (exact) mass is 188 g/mol. The van der Waals surface area contributed by atoms with Crippen LogP contribution in [-0.2, 0) is 10.8 Å². The van der Waals surface area contributed by atoms with Crippen molar-refractivity contribution in [1.29, 1.82) is 0 Å². The van der Waals surface area contributed by atoms with E-state index >= 15 is 0 Å². The van der Waals surface area contributed by atoms with Gasteiger partial charge in [0.15, 0.2) is 0 Å². The molecule has 0 N–H and O–H groups in total. The first kappa shape index (κ1) is 11.9. The van der Waals surface area contributed by atoms with Gasteiger partial charge in [-0.15, -0.1) is 9.02 Å². The van der Waals surface area contributed by atoms with E-state index < -0.39 is 10.8 Å². The van der Waals surface area contributed by atoms with Crippen LogP contribution >= 0.6 is 23.6 Å². The summed E-state index contributed by atoms with van der Waals surface area (Å²) in [6.07, 6.45) is 3.28. The van der Waals surface area contributed by atoms with Crippen molar-refractivity contribution in [2.24, 2.45) is 9.02 Å². The Hall–Kier alpha value is 0.110. The highest BCUT2D eigenvalue weighted by Gasteiger charge is 1.57. The molecule has 0 saturated heterocycles. The summed E-state index contributed by atoms with van der Waals surface area (Å²) in [6, 6.07) is 1.89. The Morgan fingerprint density at radius 2 is 1.56 bits per heavy atom. The minimum Gasteiger partial charge on any atom is -0.260 e. The van der Waals surface area contributed by atoms with E-state index in [2.05, 4.69) is 32.6 Å². The van der Waals surface area contributed by atoms with Gasteiger partial charge in [0.2, 0.25) is 0 Å². The molecule has 3 nitrogen and oxygen atoms in total. The highest BCUT2D eigenvalue weighted by Crippen LogP contribution is 1.69. The minimum atomic E-state index is -0.611. The van der Waals surface area contributed by atoms with Gasteiger partial charge in [-0.25, -0.2) is 0 Å². The van der Waals surface area contributed by atoms with Crippen molar-refractivity contribution in [3.05, 3.63) is 0 Å². The van der Waals surface area contributed by atoms with Crippen molar-refractivity contribution >= 4 is 40.4 Å². The van der Waals surface area contributed by atoms with Gasteiger partial charge in [0.05, 0.1) is 0 Å². The summed E-state index contributed by atoms with van der Waals surface area (Å²) < 4.78 is 15.1. The highest BCUT2D eigenvalue weighted by atomic mass is 35.5. The molecule has 0 bridgehead atoms. The topological polar surface area (TPSA) is 41.8 Å². The van der Waals surface area contributed by atoms with E-state index in [1.165, 1.54) is 0 Å². The average Bonchev–Trinajstić information content (AvgIpc) is 1.66. The zero-order valence-corrected chi connectivity index (χ0v) is 7.30. The lowest BCUT2D eigenvalue weighted by molar-refractivity contribution is 0.690. The molecule has 0 aromatic carbocycles. The van der Waals surface area contributed by atoms with Crippen LogP contribution in [0.3, 0.4) is 0 Å². The third-order valence-electron chi connectivity index (χ3n) is 0.0756. The van der Waals surface area contributed by atoms with Crippen LogP contribution in [0.2, 0.25) is 0 Å². The normalized spacial score (nSPS) is 6.78. The first-order valence-corrected chi connectivity index (χ1v) is 4.41. The first-order valence-electron chi connectivity index (χ1n) is 1.77. The van der Waals surface area contributed by atoms with Gasteiger partial charge in [0.1, 0.15) is 6.01 Å². The molecule has 0 aliphatic carbocycles. The Bertz CT molecular complexity index is 122. The Morgan fingerprint density at radius 3 is 1.56 bits per heavy atom. The lowest BCUT2D eigenvalue weighted by atomic mass is 11.6. The second-order valence-electron chi connectivity index (χ2n) is 1.01. The predicted molar refractivity (Wildman–Crippen MR) is 41.6 cm³/mol. The molecule has 0 aromatic heterocycles. The molecule has 0 unspecified atom stereocenters. The molecule has 6 heteroatoms. The maximum Gasteiger partial charge on any atom is 0.127 e. The summed E-state index contributed by atoms with van der Waals surface area (Å²) in [5.41, 5.74) is 0. The molecule has 0 aliphatic rings. The number of halogens is 2. The molecule has 0 aliphatic heterocycles. The van der Waals surface area contributed by atoms with E-state index in [1.54, 1.807) is 12.5 Å². The number of hydrogen-bond acceptors (Lipinski definition) is 3. The Labute approximate surface area is 66.5 Å². The molecule has 0 heterocycles. The summed E-state index contributed by atoms with van der Waals surface area (Å²) >= 11 is 9.27. The van der Waals surface area contributed by atoms with Crippen molar-refractivity contribution in [2.45, 2.75) is 0 Å². The quantitative estimate of drug-likeness (QED) is 0.532. The third kappa shape index (κ3) is 68.0. The molecule has 0 radical (unpaired) electrons. The van der Waals surface area contributed by atoms with Crippen LogP contribution in [0, 0.1) is 0 Å². The molecule has 0 aromatic rings. The largest absolute Gasteiger partial charge is 0.260 e. The summed E-state index contributed by atoms with van der Waals surface area (Å²) in [7, 11) is -0.611. The van der Waals surface area contributed by atoms with Gasteiger partial charge in [0, 0.05) is 46.9 Å². The van der Waals surface area contributed by atoms with Crippen LogP contribution in [-0.4, -0.2) is 22.7 Å². The number of hydrogen-bond donors (Lipinski definition) is 0. The third-order valence-corrected chi connectivity index (χ3v) is 0.227. The summed E-state index contributed by atoms with van der Waals surface area (Å²) in [6.45, 7) is 0. The molecule has 0 saturated carbocycles. The lowest BCUT2D eigenvalue weighted by Gasteiger charge is -1.60. The van der Waals surface area contributed by atoms with Crippen molar-refractivity contribution in [3.63, 3.8) is 0 Å². The van der Waals surface area contributed by atoms with Crippen molar-refractivity contribution in [1.82, 2.24) is 0 Å². The van der Waals surface area contributed by atoms with E-state index in [4.69, 9.17) is 0 Å². The Kier molecular flexibility index (Phi) is 14.5. The minimum absolute atomic E-state index is 0.611. The predicted octanol–water partition coefficient (Wildman–Crippen LogP) is 1.46. The Morgan fingerprint density at radius 1 is 1.33 bits per heavy atom. The zero-order valence-electron chi connectivity index (χ0n) is 4.97. The van der Waals surface area contributed by atoms with Crippen LogP contribution < -0.4 is 0 Å². The highest BCUT2D eigenvalue weighted by molar-refractivity contribution is 7.83. The van der Waals surface area contributed by atoms with Gasteiger partial charge >= 0.3 is 0 Å². The molecule has 0 amide bonds. The fourth-order valence-corrected chi connectivity index (χ4v) is 0.129.